The van der Waals surface area contributed by atoms with E-state index in [0.717, 1.165) is 0 Å². The summed E-state index contributed by atoms with van der Waals surface area (Å²) < 4.78 is 18.5. The van der Waals surface area contributed by atoms with E-state index in [4.69, 9.17) is 4.74 Å². The first-order chi connectivity index (χ1) is 11.2. The minimum atomic E-state index is -0.300. The maximum atomic E-state index is 13.0. The Morgan fingerprint density at radius 3 is 2.54 bits per heavy atom. The van der Waals surface area contributed by atoms with Gasteiger partial charge < -0.3 is 15.4 Å². The van der Waals surface area contributed by atoms with Gasteiger partial charge in [-0.05, 0) is 24.6 Å². The van der Waals surface area contributed by atoms with Gasteiger partial charge in [-0.3, -0.25) is 4.99 Å². The van der Waals surface area contributed by atoms with E-state index >= 15 is 0 Å². The van der Waals surface area contributed by atoms with Gasteiger partial charge in [0.15, 0.2) is 5.96 Å². The molecule has 0 saturated heterocycles. The van der Waals surface area contributed by atoms with Gasteiger partial charge in [0.25, 0.3) is 0 Å². The van der Waals surface area contributed by atoms with Gasteiger partial charge in [-0.25, -0.2) is 4.39 Å². The van der Waals surface area contributed by atoms with E-state index < -0.39 is 0 Å². The standard InChI is InChI=1S/C18H22FN3O.HI/c1-14-6-8-15(9-7-14)13-22-18(20-2)21-10-11-23-17-5-3-4-16(19)12-17;/h3-9,12H,10-11,13H2,1-2H3,(H2,20,21,22);1H. The van der Waals surface area contributed by atoms with Crippen LogP contribution in [0.1, 0.15) is 11.1 Å². The molecule has 0 aromatic heterocycles. The van der Waals surface area contributed by atoms with E-state index in [9.17, 15) is 4.39 Å². The molecule has 0 atom stereocenters. The summed E-state index contributed by atoms with van der Waals surface area (Å²) in [5.41, 5.74) is 2.43. The zero-order valence-electron chi connectivity index (χ0n) is 13.9. The molecule has 0 aliphatic rings. The topological polar surface area (TPSA) is 45.7 Å². The zero-order valence-corrected chi connectivity index (χ0v) is 16.2. The molecule has 0 radical (unpaired) electrons. The smallest absolute Gasteiger partial charge is 0.191 e. The van der Waals surface area contributed by atoms with Crippen LogP contribution >= 0.6 is 24.0 Å². The molecule has 0 saturated carbocycles. The molecule has 0 unspecified atom stereocenters. The van der Waals surface area contributed by atoms with Gasteiger partial charge in [0, 0.05) is 19.7 Å². The van der Waals surface area contributed by atoms with Crippen LogP contribution in [0.3, 0.4) is 0 Å². The maximum absolute atomic E-state index is 13.0. The Labute approximate surface area is 159 Å². The Balaban J connectivity index is 0.00000288. The summed E-state index contributed by atoms with van der Waals surface area (Å²) in [6.07, 6.45) is 0. The third-order valence-electron chi connectivity index (χ3n) is 3.26. The molecule has 6 heteroatoms. The first kappa shape index (κ1) is 20.2. The number of hydrogen-bond donors (Lipinski definition) is 2. The Morgan fingerprint density at radius 1 is 1.12 bits per heavy atom. The van der Waals surface area contributed by atoms with Crippen molar-refractivity contribution in [3.8, 4) is 5.75 Å². The highest BCUT2D eigenvalue weighted by Crippen LogP contribution is 2.11. The predicted octanol–water partition coefficient (Wildman–Crippen LogP) is 3.50. The lowest BCUT2D eigenvalue weighted by Gasteiger charge is -2.12. The molecule has 0 aliphatic carbocycles. The number of hydrogen-bond acceptors (Lipinski definition) is 2. The van der Waals surface area contributed by atoms with Crippen molar-refractivity contribution in [1.29, 1.82) is 0 Å². The molecule has 2 rings (SSSR count). The Hall–Kier alpha value is -1.83. The second-order valence-electron chi connectivity index (χ2n) is 5.14. The number of rotatable bonds is 6. The van der Waals surface area contributed by atoms with E-state index in [-0.39, 0.29) is 29.8 Å². The average Bonchev–Trinajstić information content (AvgIpc) is 2.56. The monoisotopic (exact) mass is 443 g/mol. The Bertz CT molecular complexity index is 647. The summed E-state index contributed by atoms with van der Waals surface area (Å²) >= 11 is 0. The van der Waals surface area contributed by atoms with E-state index in [1.165, 1.54) is 23.3 Å². The summed E-state index contributed by atoms with van der Waals surface area (Å²) in [5, 5.41) is 6.39. The van der Waals surface area contributed by atoms with E-state index in [0.29, 0.717) is 31.4 Å². The fourth-order valence-electron chi connectivity index (χ4n) is 2.01. The fourth-order valence-corrected chi connectivity index (χ4v) is 2.01. The second kappa shape index (κ2) is 10.9. The lowest BCUT2D eigenvalue weighted by molar-refractivity contribution is 0.320. The molecule has 2 aromatic rings. The van der Waals surface area contributed by atoms with Crippen LogP contribution in [0, 0.1) is 12.7 Å². The molecule has 0 amide bonds. The highest BCUT2D eigenvalue weighted by atomic mass is 127. The lowest BCUT2D eigenvalue weighted by Crippen LogP contribution is -2.38. The highest BCUT2D eigenvalue weighted by molar-refractivity contribution is 14.0. The van der Waals surface area contributed by atoms with Gasteiger partial charge in [0.05, 0.1) is 6.54 Å². The van der Waals surface area contributed by atoms with Gasteiger partial charge in [-0.2, -0.15) is 0 Å². The van der Waals surface area contributed by atoms with Gasteiger partial charge in [-0.15, -0.1) is 24.0 Å². The van der Waals surface area contributed by atoms with Crippen molar-refractivity contribution in [3.05, 3.63) is 65.5 Å². The molecule has 2 aromatic carbocycles. The summed E-state index contributed by atoms with van der Waals surface area (Å²) in [5.74, 6) is 0.925. The van der Waals surface area contributed by atoms with Crippen LogP contribution < -0.4 is 15.4 Å². The zero-order chi connectivity index (χ0) is 16.5. The number of halogens is 2. The largest absolute Gasteiger partial charge is 0.492 e. The first-order valence-electron chi connectivity index (χ1n) is 7.56. The van der Waals surface area contributed by atoms with Crippen LogP contribution in [-0.2, 0) is 6.54 Å². The lowest BCUT2D eigenvalue weighted by atomic mass is 10.1. The molecule has 0 spiro atoms. The Morgan fingerprint density at radius 2 is 1.88 bits per heavy atom. The van der Waals surface area contributed by atoms with Crippen LogP contribution in [0.2, 0.25) is 0 Å². The predicted molar refractivity (Wildman–Crippen MR) is 107 cm³/mol. The maximum Gasteiger partial charge on any atom is 0.191 e. The summed E-state index contributed by atoms with van der Waals surface area (Å²) in [4.78, 5) is 4.16. The number of benzene rings is 2. The SMILES string of the molecule is CN=C(NCCOc1cccc(F)c1)NCc1ccc(C)cc1.I. The molecule has 0 heterocycles. The third kappa shape index (κ3) is 7.16. The van der Waals surface area contributed by atoms with Crippen molar-refractivity contribution in [2.24, 2.45) is 4.99 Å². The Kier molecular flexibility index (Phi) is 9.14. The average molecular weight is 443 g/mol. The first-order valence-corrected chi connectivity index (χ1v) is 7.56. The normalized spacial score (nSPS) is 10.7. The quantitative estimate of drug-likeness (QED) is 0.311. The molecule has 0 aliphatic heterocycles. The van der Waals surface area contributed by atoms with Crippen molar-refractivity contribution >= 4 is 29.9 Å². The minimum absolute atomic E-state index is 0. The number of nitrogens with one attached hydrogen (secondary N) is 2. The summed E-state index contributed by atoms with van der Waals surface area (Å²) in [6, 6.07) is 14.4. The van der Waals surface area contributed by atoms with E-state index in [1.54, 1.807) is 19.2 Å². The van der Waals surface area contributed by atoms with Crippen molar-refractivity contribution in [2.45, 2.75) is 13.5 Å². The van der Waals surface area contributed by atoms with Crippen LogP contribution in [0.25, 0.3) is 0 Å². The number of ether oxygens (including phenoxy) is 1. The fraction of sp³-hybridized carbons (Fsp3) is 0.278. The van der Waals surface area contributed by atoms with E-state index in [1.807, 2.05) is 0 Å². The molecule has 130 valence electrons. The molecule has 24 heavy (non-hydrogen) atoms. The molecular formula is C18H23FIN3O. The van der Waals surface area contributed by atoms with Crippen LogP contribution in [0.15, 0.2) is 53.5 Å². The molecular weight excluding hydrogens is 420 g/mol. The third-order valence-corrected chi connectivity index (χ3v) is 3.26. The van der Waals surface area contributed by atoms with Crippen molar-refractivity contribution < 1.29 is 9.13 Å². The molecule has 4 nitrogen and oxygen atoms in total. The van der Waals surface area contributed by atoms with Crippen LogP contribution in [-0.4, -0.2) is 26.2 Å². The van der Waals surface area contributed by atoms with Crippen molar-refractivity contribution in [1.82, 2.24) is 10.6 Å². The summed E-state index contributed by atoms with van der Waals surface area (Å²) in [6.45, 7) is 3.76. The number of nitrogens with zero attached hydrogens (tertiary/aromatic N) is 1. The minimum Gasteiger partial charge on any atom is -0.492 e. The van der Waals surface area contributed by atoms with Gasteiger partial charge in [-0.1, -0.05) is 35.9 Å². The van der Waals surface area contributed by atoms with Crippen LogP contribution in [0.4, 0.5) is 4.39 Å². The highest BCUT2D eigenvalue weighted by Gasteiger charge is 1.99. The molecule has 0 bridgehead atoms. The molecule has 2 N–H and O–H groups in total. The van der Waals surface area contributed by atoms with Crippen LogP contribution in [0.5, 0.6) is 5.75 Å². The van der Waals surface area contributed by atoms with Crippen molar-refractivity contribution in [3.63, 3.8) is 0 Å². The number of guanidine groups is 1. The van der Waals surface area contributed by atoms with Gasteiger partial charge in [0.2, 0.25) is 0 Å². The van der Waals surface area contributed by atoms with E-state index in [2.05, 4.69) is 46.8 Å². The van der Waals surface area contributed by atoms with Crippen molar-refractivity contribution in [2.75, 3.05) is 20.2 Å². The summed E-state index contributed by atoms with van der Waals surface area (Å²) in [7, 11) is 1.72. The van der Waals surface area contributed by atoms with Gasteiger partial charge >= 0.3 is 0 Å². The second-order valence-corrected chi connectivity index (χ2v) is 5.14. The molecule has 0 fully saturated rings. The number of aryl methyl sites for hydroxylation is 1. The number of aliphatic imine (C=N–C) groups is 1. The van der Waals surface area contributed by atoms with Gasteiger partial charge in [0.1, 0.15) is 18.2 Å².